The Balaban J connectivity index is 5.60. The Kier molecular flexibility index (Phi) is 17.0. The number of nitrogens with two attached hydrogens (primary N) is 4. The maximum Gasteiger partial charge on any atom is 0.326 e. The number of nitrogens with zero attached hydrogens (tertiary/aromatic N) is 1. The Labute approximate surface area is 222 Å². The molecule has 0 rings (SSSR count). The first-order valence-electron chi connectivity index (χ1n) is 12.6. The molecular formula is C23H44N8O7. The molecule has 0 unspecified atom stereocenters. The zero-order valence-electron chi connectivity index (χ0n) is 22.2. The molecule has 15 nitrogen and oxygen atoms in total. The van der Waals surface area contributed by atoms with Crippen LogP contribution >= 0.6 is 0 Å². The number of nitrogens with one attached hydrogen (secondary N) is 3. The fraction of sp³-hybridized carbons (Fsp3) is 0.739. The number of aliphatic imine (C=N–C) groups is 1. The molecule has 0 heterocycles. The summed E-state index contributed by atoms with van der Waals surface area (Å²) in [5.74, 6) is -4.59. The van der Waals surface area contributed by atoms with E-state index in [1.54, 1.807) is 0 Å². The lowest BCUT2D eigenvalue weighted by atomic mass is 10.0. The highest BCUT2D eigenvalue weighted by Gasteiger charge is 2.30. The molecule has 0 aliphatic carbocycles. The van der Waals surface area contributed by atoms with Gasteiger partial charge in [-0.05, 0) is 57.4 Å². The molecule has 218 valence electrons. The van der Waals surface area contributed by atoms with Crippen LogP contribution in [0.25, 0.3) is 0 Å². The van der Waals surface area contributed by atoms with E-state index in [-0.39, 0.29) is 50.5 Å². The number of hydrogen-bond donors (Lipinski definition) is 9. The molecule has 0 aromatic heterocycles. The van der Waals surface area contributed by atoms with Gasteiger partial charge >= 0.3 is 11.9 Å². The standard InChI is InChI=1S/C23H44N8O7/c1-13(2)12-17(31-19(34)14(25)8-9-18(32)33)21(36)29-15(7-5-11-28-23(26)27)20(35)30-16(22(37)38)6-3-4-10-24/h13-17H,3-12,24-25H2,1-2H3,(H,29,36)(H,30,35)(H,31,34)(H,32,33)(H,37,38)(H4,26,27,28)/t14-,15-,16-,17-/m0/s1. The first-order chi connectivity index (χ1) is 17.8. The van der Waals surface area contributed by atoms with Gasteiger partial charge in [0.2, 0.25) is 17.7 Å². The summed E-state index contributed by atoms with van der Waals surface area (Å²) < 4.78 is 0. The van der Waals surface area contributed by atoms with E-state index in [0.29, 0.717) is 25.8 Å². The van der Waals surface area contributed by atoms with Crippen LogP contribution in [0, 0.1) is 5.92 Å². The zero-order chi connectivity index (χ0) is 29.3. The summed E-state index contributed by atoms with van der Waals surface area (Å²) in [5, 5.41) is 25.9. The van der Waals surface area contributed by atoms with Crippen LogP contribution in [0.1, 0.15) is 65.2 Å². The molecule has 0 bridgehead atoms. The molecule has 13 N–H and O–H groups in total. The van der Waals surface area contributed by atoms with Gasteiger partial charge in [-0.15, -0.1) is 0 Å². The molecule has 0 aliphatic heterocycles. The minimum absolute atomic E-state index is 0.0330. The number of hydrogen-bond acceptors (Lipinski definition) is 8. The number of carboxylic acids is 2. The Morgan fingerprint density at radius 3 is 1.87 bits per heavy atom. The lowest BCUT2D eigenvalue weighted by Gasteiger charge is -2.26. The van der Waals surface area contributed by atoms with E-state index in [1.807, 2.05) is 13.8 Å². The molecule has 3 amide bonds. The van der Waals surface area contributed by atoms with Crippen LogP contribution in [0.2, 0.25) is 0 Å². The lowest BCUT2D eigenvalue weighted by molar-refractivity contribution is -0.142. The number of carbonyl (C=O) groups is 5. The van der Waals surface area contributed by atoms with E-state index < -0.39 is 53.8 Å². The highest BCUT2D eigenvalue weighted by atomic mass is 16.4. The van der Waals surface area contributed by atoms with E-state index in [4.69, 9.17) is 28.0 Å². The second-order valence-corrected chi connectivity index (χ2v) is 9.42. The number of rotatable bonds is 20. The van der Waals surface area contributed by atoms with E-state index in [2.05, 4.69) is 20.9 Å². The van der Waals surface area contributed by atoms with Crippen molar-refractivity contribution in [3.8, 4) is 0 Å². The van der Waals surface area contributed by atoms with Crippen molar-refractivity contribution in [2.24, 2.45) is 33.8 Å². The van der Waals surface area contributed by atoms with Gasteiger partial charge in [0, 0.05) is 13.0 Å². The van der Waals surface area contributed by atoms with E-state index in [1.165, 1.54) is 0 Å². The number of amides is 3. The Morgan fingerprint density at radius 2 is 1.34 bits per heavy atom. The van der Waals surface area contributed by atoms with Crippen LogP contribution in [0.15, 0.2) is 4.99 Å². The zero-order valence-corrected chi connectivity index (χ0v) is 22.2. The Hall–Kier alpha value is -3.46. The van der Waals surface area contributed by atoms with Gasteiger partial charge in [0.25, 0.3) is 0 Å². The van der Waals surface area contributed by atoms with Crippen LogP contribution in [0.3, 0.4) is 0 Å². The third kappa shape index (κ3) is 15.6. The van der Waals surface area contributed by atoms with Gasteiger partial charge in [-0.25, -0.2) is 4.79 Å². The van der Waals surface area contributed by atoms with Gasteiger partial charge in [-0.3, -0.25) is 24.2 Å². The van der Waals surface area contributed by atoms with Crippen molar-refractivity contribution < 1.29 is 34.2 Å². The molecule has 0 fully saturated rings. The monoisotopic (exact) mass is 544 g/mol. The van der Waals surface area contributed by atoms with Gasteiger partial charge in [0.15, 0.2) is 5.96 Å². The van der Waals surface area contributed by atoms with E-state index in [0.717, 1.165) is 0 Å². The minimum Gasteiger partial charge on any atom is -0.481 e. The molecule has 38 heavy (non-hydrogen) atoms. The SMILES string of the molecule is CC(C)C[C@H](NC(=O)[C@@H](N)CCC(=O)O)C(=O)N[C@@H](CCCN=C(N)N)C(=O)N[C@@H](CCCCN)C(=O)O. The quantitative estimate of drug-likeness (QED) is 0.0456. The summed E-state index contributed by atoms with van der Waals surface area (Å²) in [6.07, 6.45) is 1.39. The third-order valence-corrected chi connectivity index (χ3v) is 5.49. The molecule has 0 spiro atoms. The second-order valence-electron chi connectivity index (χ2n) is 9.42. The second kappa shape index (κ2) is 18.7. The summed E-state index contributed by atoms with van der Waals surface area (Å²) in [5.41, 5.74) is 21.9. The van der Waals surface area contributed by atoms with E-state index >= 15 is 0 Å². The average molecular weight is 545 g/mol. The number of carboxylic acid groups (broad SMARTS) is 2. The Bertz CT molecular complexity index is 818. The van der Waals surface area contributed by atoms with Gasteiger partial charge in [0.1, 0.15) is 18.1 Å². The lowest BCUT2D eigenvalue weighted by Crippen LogP contribution is -2.57. The normalized spacial score (nSPS) is 14.0. The topological polar surface area (TPSA) is 278 Å². The predicted octanol–water partition coefficient (Wildman–Crippen LogP) is -2.05. The van der Waals surface area contributed by atoms with Crippen LogP contribution in [-0.4, -0.2) is 83.1 Å². The number of guanidine groups is 1. The average Bonchev–Trinajstić information content (AvgIpc) is 2.82. The van der Waals surface area contributed by atoms with Crippen molar-refractivity contribution >= 4 is 35.6 Å². The Morgan fingerprint density at radius 1 is 0.789 bits per heavy atom. The van der Waals surface area contributed by atoms with Crippen molar-refractivity contribution in [2.45, 2.75) is 89.4 Å². The van der Waals surface area contributed by atoms with Gasteiger partial charge in [0.05, 0.1) is 6.04 Å². The van der Waals surface area contributed by atoms with Gasteiger partial charge in [-0.2, -0.15) is 0 Å². The highest BCUT2D eigenvalue weighted by Crippen LogP contribution is 2.09. The molecule has 0 saturated carbocycles. The van der Waals surface area contributed by atoms with Gasteiger partial charge < -0.3 is 49.1 Å². The fourth-order valence-corrected chi connectivity index (χ4v) is 3.46. The molecule has 0 saturated heterocycles. The number of aliphatic carboxylic acids is 2. The first kappa shape index (κ1) is 34.5. The van der Waals surface area contributed by atoms with E-state index in [9.17, 15) is 29.1 Å². The summed E-state index contributed by atoms with van der Waals surface area (Å²) in [7, 11) is 0. The molecule has 0 aromatic carbocycles. The summed E-state index contributed by atoms with van der Waals surface area (Å²) in [6, 6.07) is -4.52. The number of carbonyl (C=O) groups excluding carboxylic acids is 3. The third-order valence-electron chi connectivity index (χ3n) is 5.49. The molecular weight excluding hydrogens is 500 g/mol. The maximum atomic E-state index is 13.2. The first-order valence-corrected chi connectivity index (χ1v) is 12.6. The van der Waals surface area contributed by atoms with Crippen LogP contribution in [0.5, 0.6) is 0 Å². The van der Waals surface area contributed by atoms with Crippen molar-refractivity contribution in [2.75, 3.05) is 13.1 Å². The fourth-order valence-electron chi connectivity index (χ4n) is 3.46. The maximum absolute atomic E-state index is 13.2. The molecule has 0 aromatic rings. The summed E-state index contributed by atoms with van der Waals surface area (Å²) in [6.45, 7) is 4.21. The molecule has 0 aliphatic rings. The minimum atomic E-state index is -1.22. The predicted molar refractivity (Wildman–Crippen MR) is 141 cm³/mol. The van der Waals surface area contributed by atoms with Crippen molar-refractivity contribution in [3.05, 3.63) is 0 Å². The molecule has 0 radical (unpaired) electrons. The van der Waals surface area contributed by atoms with Crippen LogP contribution in [-0.2, 0) is 24.0 Å². The van der Waals surface area contributed by atoms with Crippen LogP contribution in [0.4, 0.5) is 0 Å². The summed E-state index contributed by atoms with van der Waals surface area (Å²) in [4.78, 5) is 64.9. The van der Waals surface area contributed by atoms with Gasteiger partial charge in [-0.1, -0.05) is 13.8 Å². The highest BCUT2D eigenvalue weighted by molar-refractivity contribution is 5.94. The number of unbranched alkanes of at least 4 members (excludes halogenated alkanes) is 1. The van der Waals surface area contributed by atoms with Crippen molar-refractivity contribution in [1.29, 1.82) is 0 Å². The molecule has 4 atom stereocenters. The largest absolute Gasteiger partial charge is 0.481 e. The summed E-state index contributed by atoms with van der Waals surface area (Å²) >= 11 is 0. The van der Waals surface area contributed by atoms with Crippen molar-refractivity contribution in [3.63, 3.8) is 0 Å². The van der Waals surface area contributed by atoms with Crippen molar-refractivity contribution in [1.82, 2.24) is 16.0 Å². The van der Waals surface area contributed by atoms with Crippen LogP contribution < -0.4 is 38.9 Å². The smallest absolute Gasteiger partial charge is 0.326 e. The molecule has 15 heteroatoms.